The standard InChI is InChI=1S/C9H9FN2O5/c10-4-2-12(9(16)11-8(4)15)7-1-5(14)6(3-13)17-7/h2,7,13-14H,1,3H2,(H,11,15,16)/t7-/m1/s1. The van der Waals surface area contributed by atoms with Crippen LogP contribution < -0.4 is 11.2 Å². The van der Waals surface area contributed by atoms with Gasteiger partial charge < -0.3 is 14.9 Å². The Balaban J connectivity index is 2.36. The summed E-state index contributed by atoms with van der Waals surface area (Å²) in [5.74, 6) is -1.42. The molecule has 0 fully saturated rings. The zero-order valence-corrected chi connectivity index (χ0v) is 8.51. The van der Waals surface area contributed by atoms with E-state index < -0.39 is 29.9 Å². The second kappa shape index (κ2) is 4.06. The molecule has 0 spiro atoms. The van der Waals surface area contributed by atoms with Gasteiger partial charge in [0.1, 0.15) is 12.4 Å². The number of aromatic amines is 1. The highest BCUT2D eigenvalue weighted by Gasteiger charge is 2.27. The van der Waals surface area contributed by atoms with E-state index in [2.05, 4.69) is 0 Å². The number of hydrogen-bond donors (Lipinski definition) is 3. The molecule has 2 heterocycles. The minimum atomic E-state index is -1.13. The fraction of sp³-hybridized carbons (Fsp3) is 0.333. The van der Waals surface area contributed by atoms with Gasteiger partial charge in [0, 0.05) is 0 Å². The monoisotopic (exact) mass is 244 g/mol. The Kier molecular flexibility index (Phi) is 2.72. The number of aliphatic hydroxyl groups excluding tert-OH is 2. The van der Waals surface area contributed by atoms with Gasteiger partial charge in [-0.3, -0.25) is 14.3 Å². The molecule has 0 saturated heterocycles. The van der Waals surface area contributed by atoms with Crippen molar-refractivity contribution >= 4 is 0 Å². The molecular weight excluding hydrogens is 235 g/mol. The lowest BCUT2D eigenvalue weighted by Gasteiger charge is -2.13. The van der Waals surface area contributed by atoms with Crippen molar-refractivity contribution in [3.63, 3.8) is 0 Å². The third kappa shape index (κ3) is 1.94. The summed E-state index contributed by atoms with van der Waals surface area (Å²) in [6, 6.07) is 0. The highest BCUT2D eigenvalue weighted by Crippen LogP contribution is 2.29. The quantitative estimate of drug-likeness (QED) is 0.641. The van der Waals surface area contributed by atoms with Crippen LogP contribution in [-0.2, 0) is 4.74 Å². The number of halogens is 1. The first-order chi connectivity index (χ1) is 8.02. The summed E-state index contributed by atoms with van der Waals surface area (Å²) in [6.45, 7) is -0.525. The average Bonchev–Trinajstić information content (AvgIpc) is 2.65. The predicted molar refractivity (Wildman–Crippen MR) is 52.8 cm³/mol. The van der Waals surface area contributed by atoms with Crippen LogP contribution in [0.25, 0.3) is 0 Å². The Morgan fingerprint density at radius 2 is 2.29 bits per heavy atom. The van der Waals surface area contributed by atoms with Crippen molar-refractivity contribution in [3.05, 3.63) is 44.4 Å². The van der Waals surface area contributed by atoms with Gasteiger partial charge in [-0.2, -0.15) is 4.39 Å². The van der Waals surface area contributed by atoms with Crippen LogP contribution in [0.1, 0.15) is 12.6 Å². The van der Waals surface area contributed by atoms with Crippen molar-refractivity contribution in [2.45, 2.75) is 12.6 Å². The summed E-state index contributed by atoms with van der Waals surface area (Å²) in [5, 5.41) is 18.2. The van der Waals surface area contributed by atoms with Gasteiger partial charge in [-0.15, -0.1) is 0 Å². The second-order valence-electron chi connectivity index (χ2n) is 3.45. The molecule has 0 saturated carbocycles. The molecule has 1 atom stereocenters. The number of H-pyrrole nitrogens is 1. The van der Waals surface area contributed by atoms with Crippen LogP contribution in [-0.4, -0.2) is 26.4 Å². The largest absolute Gasteiger partial charge is 0.508 e. The van der Waals surface area contributed by atoms with Crippen LogP contribution in [0, 0.1) is 5.82 Å². The first-order valence-electron chi connectivity index (χ1n) is 4.72. The van der Waals surface area contributed by atoms with Crippen LogP contribution in [0.15, 0.2) is 27.3 Å². The number of rotatable bonds is 2. The van der Waals surface area contributed by atoms with Crippen LogP contribution in [0.2, 0.25) is 0 Å². The molecule has 7 nitrogen and oxygen atoms in total. The number of nitrogens with one attached hydrogen (secondary N) is 1. The minimum absolute atomic E-state index is 0.0755. The number of nitrogens with zero attached hydrogens (tertiary/aromatic N) is 1. The first kappa shape index (κ1) is 11.4. The molecule has 2 rings (SSSR count). The van der Waals surface area contributed by atoms with E-state index in [0.717, 1.165) is 4.57 Å². The summed E-state index contributed by atoms with van der Waals surface area (Å²) in [7, 11) is 0. The molecule has 1 aromatic rings. The van der Waals surface area contributed by atoms with E-state index in [9.17, 15) is 19.1 Å². The molecule has 0 unspecified atom stereocenters. The molecule has 0 amide bonds. The zero-order chi connectivity index (χ0) is 12.6. The summed E-state index contributed by atoms with van der Waals surface area (Å²) < 4.78 is 18.8. The van der Waals surface area contributed by atoms with Crippen LogP contribution >= 0.6 is 0 Å². The molecule has 0 aromatic carbocycles. The lowest BCUT2D eigenvalue weighted by atomic mass is 10.3. The van der Waals surface area contributed by atoms with E-state index in [-0.39, 0.29) is 17.9 Å². The van der Waals surface area contributed by atoms with E-state index >= 15 is 0 Å². The lowest BCUT2D eigenvalue weighted by molar-refractivity contribution is 0.0582. The lowest BCUT2D eigenvalue weighted by Crippen LogP contribution is -2.33. The van der Waals surface area contributed by atoms with Crippen LogP contribution in [0.4, 0.5) is 4.39 Å². The maximum absolute atomic E-state index is 13.0. The molecule has 0 radical (unpaired) electrons. The zero-order valence-electron chi connectivity index (χ0n) is 8.51. The highest BCUT2D eigenvalue weighted by atomic mass is 19.1. The molecule has 0 aliphatic carbocycles. The van der Waals surface area contributed by atoms with Crippen LogP contribution in [0.3, 0.4) is 0 Å². The molecule has 17 heavy (non-hydrogen) atoms. The van der Waals surface area contributed by atoms with Gasteiger partial charge in [-0.05, 0) is 0 Å². The normalized spacial score (nSPS) is 19.5. The third-order valence-electron chi connectivity index (χ3n) is 2.35. The Morgan fingerprint density at radius 1 is 1.59 bits per heavy atom. The van der Waals surface area contributed by atoms with Crippen molar-refractivity contribution < 1.29 is 19.3 Å². The summed E-state index contributed by atoms with van der Waals surface area (Å²) >= 11 is 0. The van der Waals surface area contributed by atoms with E-state index in [0.29, 0.717) is 6.20 Å². The third-order valence-corrected chi connectivity index (χ3v) is 2.35. The topological polar surface area (TPSA) is 105 Å². The van der Waals surface area contributed by atoms with Gasteiger partial charge in [0.25, 0.3) is 5.56 Å². The fourth-order valence-corrected chi connectivity index (χ4v) is 1.51. The van der Waals surface area contributed by atoms with E-state index in [4.69, 9.17) is 9.84 Å². The minimum Gasteiger partial charge on any atom is -0.508 e. The van der Waals surface area contributed by atoms with E-state index in [1.54, 1.807) is 4.98 Å². The summed E-state index contributed by atoms with van der Waals surface area (Å²) in [4.78, 5) is 24.0. The average molecular weight is 244 g/mol. The molecule has 1 aliphatic rings. The van der Waals surface area contributed by atoms with Gasteiger partial charge in [-0.1, -0.05) is 0 Å². The predicted octanol–water partition coefficient (Wildman–Crippen LogP) is -0.643. The van der Waals surface area contributed by atoms with Crippen LogP contribution in [0.5, 0.6) is 0 Å². The SMILES string of the molecule is O=c1[nH]c(=O)n([C@H]2CC(O)=C(CO)O2)cc1F. The van der Waals surface area contributed by atoms with Crippen molar-refractivity contribution in [1.82, 2.24) is 9.55 Å². The summed E-state index contributed by atoms with van der Waals surface area (Å²) in [6.07, 6.45) is -0.364. The number of hydrogen-bond acceptors (Lipinski definition) is 5. The van der Waals surface area contributed by atoms with Gasteiger partial charge in [-0.25, -0.2) is 4.79 Å². The molecule has 1 aliphatic heterocycles. The van der Waals surface area contributed by atoms with Crippen molar-refractivity contribution in [1.29, 1.82) is 0 Å². The van der Waals surface area contributed by atoms with Gasteiger partial charge in [0.2, 0.25) is 5.82 Å². The maximum atomic E-state index is 13.0. The number of aliphatic hydroxyl groups is 2. The smallest absolute Gasteiger partial charge is 0.331 e. The molecule has 0 bridgehead atoms. The molecule has 92 valence electrons. The fourth-order valence-electron chi connectivity index (χ4n) is 1.51. The van der Waals surface area contributed by atoms with E-state index in [1.807, 2.05) is 0 Å². The van der Waals surface area contributed by atoms with Crippen molar-refractivity contribution in [2.24, 2.45) is 0 Å². The van der Waals surface area contributed by atoms with Gasteiger partial charge >= 0.3 is 5.69 Å². The van der Waals surface area contributed by atoms with Gasteiger partial charge in [0.15, 0.2) is 12.0 Å². The highest BCUT2D eigenvalue weighted by molar-refractivity contribution is 5.07. The second-order valence-corrected chi connectivity index (χ2v) is 3.45. The van der Waals surface area contributed by atoms with Crippen molar-refractivity contribution in [3.8, 4) is 0 Å². The molecule has 1 aromatic heterocycles. The van der Waals surface area contributed by atoms with E-state index in [1.165, 1.54) is 0 Å². The molecular formula is C9H9FN2O5. The maximum Gasteiger partial charge on any atom is 0.331 e. The number of ether oxygens (including phenoxy) is 1. The Morgan fingerprint density at radius 3 is 2.88 bits per heavy atom. The Hall–Kier alpha value is -2.09. The first-order valence-corrected chi connectivity index (χ1v) is 4.72. The van der Waals surface area contributed by atoms with Gasteiger partial charge in [0.05, 0.1) is 12.6 Å². The summed E-state index contributed by atoms with van der Waals surface area (Å²) in [5.41, 5.74) is -1.97. The van der Waals surface area contributed by atoms with Crippen molar-refractivity contribution in [2.75, 3.05) is 6.61 Å². The Bertz CT molecular complexity index is 588. The Labute approximate surface area is 93.4 Å². The molecule has 8 heteroatoms. The number of aromatic nitrogens is 2. The molecule has 3 N–H and O–H groups in total.